The Morgan fingerprint density at radius 2 is 2.25 bits per heavy atom. The third kappa shape index (κ3) is 2.49. The van der Waals surface area contributed by atoms with Crippen LogP contribution in [0.5, 0.6) is 0 Å². The fourth-order valence-electron chi connectivity index (χ4n) is 1.75. The van der Waals surface area contributed by atoms with Crippen LogP contribution in [-0.4, -0.2) is 24.5 Å². The number of rotatable bonds is 4. The lowest BCUT2D eigenvalue weighted by molar-refractivity contribution is 0.584. The van der Waals surface area contributed by atoms with Crippen LogP contribution in [0.4, 0.5) is 5.69 Å². The highest BCUT2D eigenvalue weighted by atomic mass is 32.2. The van der Waals surface area contributed by atoms with E-state index in [2.05, 4.69) is 9.71 Å². The summed E-state index contributed by atoms with van der Waals surface area (Å²) in [4.78, 5) is 3.95. The number of imidazole rings is 1. The fraction of sp³-hybridized carbons (Fsp3) is 0.167. The van der Waals surface area contributed by atoms with Gasteiger partial charge in [0.1, 0.15) is 6.07 Å². The van der Waals surface area contributed by atoms with Gasteiger partial charge in [-0.2, -0.15) is 5.26 Å². The number of hydrogen-bond acceptors (Lipinski definition) is 5. The second kappa shape index (κ2) is 5.32. The number of sulfonamides is 1. The first-order valence-corrected chi connectivity index (χ1v) is 7.31. The lowest BCUT2D eigenvalue weighted by Gasteiger charge is -2.11. The van der Waals surface area contributed by atoms with Crippen molar-refractivity contribution in [1.82, 2.24) is 14.3 Å². The zero-order valence-corrected chi connectivity index (χ0v) is 11.6. The molecule has 0 saturated carbocycles. The molecular weight excluding hydrogens is 278 g/mol. The minimum absolute atomic E-state index is 0.0844. The molecule has 2 rings (SSSR count). The van der Waals surface area contributed by atoms with Crippen molar-refractivity contribution in [1.29, 1.82) is 5.26 Å². The highest BCUT2D eigenvalue weighted by Crippen LogP contribution is 2.22. The van der Waals surface area contributed by atoms with E-state index in [1.807, 2.05) is 6.07 Å². The molecular formula is C12H13N5O2S. The molecule has 0 spiro atoms. The number of benzene rings is 1. The van der Waals surface area contributed by atoms with Crippen molar-refractivity contribution in [3.8, 4) is 11.8 Å². The fourth-order valence-corrected chi connectivity index (χ4v) is 2.81. The Morgan fingerprint density at radius 3 is 2.90 bits per heavy atom. The van der Waals surface area contributed by atoms with E-state index >= 15 is 0 Å². The molecule has 0 amide bonds. The maximum absolute atomic E-state index is 12.0. The number of nitrogens with zero attached hydrogens (tertiary/aromatic N) is 3. The molecule has 0 aliphatic rings. The van der Waals surface area contributed by atoms with E-state index in [1.54, 1.807) is 13.1 Å². The molecule has 3 N–H and O–H groups in total. The molecule has 1 aromatic heterocycles. The third-order valence-corrected chi connectivity index (χ3v) is 4.19. The van der Waals surface area contributed by atoms with Crippen LogP contribution in [0.1, 0.15) is 12.7 Å². The van der Waals surface area contributed by atoms with Gasteiger partial charge in [0.2, 0.25) is 15.8 Å². The summed E-state index contributed by atoms with van der Waals surface area (Å²) in [6, 6.07) is 6.23. The van der Waals surface area contributed by atoms with Crippen molar-refractivity contribution < 1.29 is 8.42 Å². The Kier molecular flexibility index (Phi) is 3.74. The van der Waals surface area contributed by atoms with E-state index in [1.165, 1.54) is 29.0 Å². The molecule has 1 aromatic carbocycles. The maximum atomic E-state index is 12.0. The van der Waals surface area contributed by atoms with E-state index in [9.17, 15) is 8.42 Å². The third-order valence-electron chi connectivity index (χ3n) is 2.65. The Labute approximate surface area is 116 Å². The summed E-state index contributed by atoms with van der Waals surface area (Å²) in [5, 5.41) is 8.97. The van der Waals surface area contributed by atoms with Gasteiger partial charge in [-0.3, -0.25) is 4.57 Å². The van der Waals surface area contributed by atoms with Gasteiger partial charge in [-0.05, 0) is 18.2 Å². The van der Waals surface area contributed by atoms with Crippen LogP contribution in [0, 0.1) is 11.3 Å². The van der Waals surface area contributed by atoms with E-state index < -0.39 is 10.0 Å². The molecule has 0 bridgehead atoms. The minimum atomic E-state index is -3.58. The Morgan fingerprint density at radius 1 is 1.50 bits per heavy atom. The molecule has 2 aromatic rings. The summed E-state index contributed by atoms with van der Waals surface area (Å²) < 4.78 is 27.8. The Hall–Kier alpha value is -2.37. The van der Waals surface area contributed by atoms with Gasteiger partial charge < -0.3 is 5.73 Å². The lowest BCUT2D eigenvalue weighted by Crippen LogP contribution is -2.23. The number of hydrogen-bond donors (Lipinski definition) is 2. The van der Waals surface area contributed by atoms with Gasteiger partial charge in [0, 0.05) is 18.9 Å². The SMILES string of the molecule is CCNS(=O)(=O)c1ccc(N)c(-n2ccnc2C#N)c1. The number of nitriles is 1. The van der Waals surface area contributed by atoms with Gasteiger partial charge in [-0.25, -0.2) is 18.1 Å². The van der Waals surface area contributed by atoms with Crippen LogP contribution in [0.25, 0.3) is 5.69 Å². The molecule has 0 saturated heterocycles. The summed E-state index contributed by atoms with van der Waals surface area (Å²) >= 11 is 0. The predicted octanol–water partition coefficient (Wildman–Crippen LogP) is 0.624. The van der Waals surface area contributed by atoms with Gasteiger partial charge >= 0.3 is 0 Å². The van der Waals surface area contributed by atoms with Gasteiger partial charge in [-0.1, -0.05) is 6.92 Å². The highest BCUT2D eigenvalue weighted by Gasteiger charge is 2.16. The molecule has 7 nitrogen and oxygen atoms in total. The number of nitrogen functional groups attached to an aromatic ring is 1. The zero-order chi connectivity index (χ0) is 14.8. The molecule has 0 atom stereocenters. The lowest BCUT2D eigenvalue weighted by atomic mass is 10.2. The monoisotopic (exact) mass is 291 g/mol. The molecule has 0 fully saturated rings. The van der Waals surface area contributed by atoms with Crippen molar-refractivity contribution in [3.63, 3.8) is 0 Å². The van der Waals surface area contributed by atoms with Crippen molar-refractivity contribution >= 4 is 15.7 Å². The number of nitrogens with two attached hydrogens (primary N) is 1. The van der Waals surface area contributed by atoms with Gasteiger partial charge in [0.15, 0.2) is 0 Å². The van der Waals surface area contributed by atoms with Gasteiger partial charge in [0.25, 0.3) is 0 Å². The second-order valence-corrected chi connectivity index (χ2v) is 5.72. The van der Waals surface area contributed by atoms with Crippen LogP contribution in [0.2, 0.25) is 0 Å². The average molecular weight is 291 g/mol. The molecule has 1 heterocycles. The van der Waals surface area contributed by atoms with Crippen LogP contribution in [-0.2, 0) is 10.0 Å². The van der Waals surface area contributed by atoms with Crippen LogP contribution in [0.15, 0.2) is 35.5 Å². The number of aromatic nitrogens is 2. The van der Waals surface area contributed by atoms with Crippen molar-refractivity contribution in [2.75, 3.05) is 12.3 Å². The van der Waals surface area contributed by atoms with Crippen LogP contribution >= 0.6 is 0 Å². The van der Waals surface area contributed by atoms with Crippen molar-refractivity contribution in [2.24, 2.45) is 0 Å². The predicted molar refractivity (Wildman–Crippen MR) is 73.6 cm³/mol. The summed E-state index contributed by atoms with van der Waals surface area (Å²) in [5.41, 5.74) is 6.61. The smallest absolute Gasteiger partial charge is 0.240 e. The highest BCUT2D eigenvalue weighted by molar-refractivity contribution is 7.89. The summed E-state index contributed by atoms with van der Waals surface area (Å²) in [6.45, 7) is 1.98. The van der Waals surface area contributed by atoms with Crippen molar-refractivity contribution in [2.45, 2.75) is 11.8 Å². The average Bonchev–Trinajstić information content (AvgIpc) is 2.87. The molecule has 0 aliphatic carbocycles. The molecule has 0 radical (unpaired) electrons. The first-order chi connectivity index (χ1) is 9.49. The Bertz CT molecular complexity index is 773. The summed E-state index contributed by atoms with van der Waals surface area (Å²) in [5.74, 6) is 0.134. The van der Waals surface area contributed by atoms with E-state index in [0.29, 0.717) is 11.4 Å². The Balaban J connectivity index is 2.59. The minimum Gasteiger partial charge on any atom is -0.397 e. The normalized spacial score (nSPS) is 11.2. The maximum Gasteiger partial charge on any atom is 0.240 e. The topological polar surface area (TPSA) is 114 Å². The molecule has 8 heteroatoms. The number of nitrogens with one attached hydrogen (secondary N) is 1. The van der Waals surface area contributed by atoms with E-state index in [0.717, 1.165) is 0 Å². The standard InChI is InChI=1S/C12H13N5O2S/c1-2-16-20(18,19)9-3-4-10(14)11(7-9)17-6-5-15-12(17)8-13/h3-7,16H,2,14H2,1H3. The number of anilines is 1. The van der Waals surface area contributed by atoms with E-state index in [4.69, 9.17) is 11.0 Å². The quantitative estimate of drug-likeness (QED) is 0.802. The summed E-state index contributed by atoms with van der Waals surface area (Å²) in [6.07, 6.45) is 3.00. The zero-order valence-electron chi connectivity index (χ0n) is 10.7. The molecule has 104 valence electrons. The molecule has 0 unspecified atom stereocenters. The molecule has 20 heavy (non-hydrogen) atoms. The van der Waals surface area contributed by atoms with Gasteiger partial charge in [0.05, 0.1) is 16.3 Å². The largest absolute Gasteiger partial charge is 0.397 e. The van der Waals surface area contributed by atoms with Crippen LogP contribution in [0.3, 0.4) is 0 Å². The molecule has 0 aliphatic heterocycles. The van der Waals surface area contributed by atoms with Crippen molar-refractivity contribution in [3.05, 3.63) is 36.4 Å². The summed E-state index contributed by atoms with van der Waals surface area (Å²) in [7, 11) is -3.58. The first-order valence-electron chi connectivity index (χ1n) is 5.82. The van der Waals surface area contributed by atoms with Gasteiger partial charge in [-0.15, -0.1) is 0 Å². The van der Waals surface area contributed by atoms with Crippen LogP contribution < -0.4 is 10.5 Å². The second-order valence-electron chi connectivity index (χ2n) is 3.95. The first kappa shape index (κ1) is 14.0. The van der Waals surface area contributed by atoms with E-state index in [-0.39, 0.29) is 17.3 Å².